The van der Waals surface area contributed by atoms with Crippen LogP contribution in [0.1, 0.15) is 220 Å². The highest BCUT2D eigenvalue weighted by molar-refractivity contribution is 5.98. The van der Waals surface area contributed by atoms with E-state index in [9.17, 15) is 9.59 Å². The third-order valence-electron chi connectivity index (χ3n) is 8.79. The molecule has 0 amide bonds. The van der Waals surface area contributed by atoms with E-state index in [2.05, 4.69) is 20.8 Å². The van der Waals surface area contributed by atoms with Crippen molar-refractivity contribution in [2.75, 3.05) is 6.61 Å². The van der Waals surface area contributed by atoms with Gasteiger partial charge in [0.1, 0.15) is 11.7 Å². The number of ether oxygens (including phenoxy) is 1. The predicted molar refractivity (Wildman–Crippen MR) is 180 cm³/mol. The van der Waals surface area contributed by atoms with Gasteiger partial charge >= 0.3 is 5.97 Å². The third kappa shape index (κ3) is 29.0. The van der Waals surface area contributed by atoms with E-state index in [4.69, 9.17) is 4.74 Å². The van der Waals surface area contributed by atoms with E-state index in [-0.39, 0.29) is 11.8 Å². The number of hydrogen-bond acceptors (Lipinski definition) is 3. The normalized spacial score (nSPS) is 12.1. The minimum atomic E-state index is -0.527. The third-order valence-corrected chi connectivity index (χ3v) is 8.79. The smallest absolute Gasteiger partial charge is 0.316 e. The minimum Gasteiger partial charge on any atom is -0.465 e. The monoisotopic (exact) mass is 579 g/mol. The molecule has 0 aromatic heterocycles. The molecule has 3 nitrogen and oxygen atoms in total. The maximum Gasteiger partial charge on any atom is 0.316 e. The molecule has 0 aliphatic carbocycles. The van der Waals surface area contributed by atoms with E-state index in [0.29, 0.717) is 19.4 Å². The summed E-state index contributed by atoms with van der Waals surface area (Å²) in [6.45, 7) is 7.27. The fraction of sp³-hybridized carbons (Fsp3) is 0.947. The van der Waals surface area contributed by atoms with Gasteiger partial charge in [0, 0.05) is 6.42 Å². The molecule has 0 radical (unpaired) electrons. The Balaban J connectivity index is 4.23. The van der Waals surface area contributed by atoms with Crippen LogP contribution < -0.4 is 0 Å². The fourth-order valence-corrected chi connectivity index (χ4v) is 5.89. The van der Waals surface area contributed by atoms with Crippen molar-refractivity contribution < 1.29 is 14.3 Å². The van der Waals surface area contributed by atoms with Gasteiger partial charge in [0.2, 0.25) is 0 Å². The molecular formula is C38H74O3. The van der Waals surface area contributed by atoms with E-state index in [1.54, 1.807) is 0 Å². The van der Waals surface area contributed by atoms with Gasteiger partial charge < -0.3 is 4.74 Å². The molecule has 0 saturated heterocycles. The average Bonchev–Trinajstić information content (AvgIpc) is 2.97. The number of rotatable bonds is 34. The molecule has 0 aromatic carbocycles. The Morgan fingerprint density at radius 3 is 1.12 bits per heavy atom. The molecule has 1 unspecified atom stereocenters. The van der Waals surface area contributed by atoms with E-state index in [1.165, 1.54) is 148 Å². The molecule has 0 bridgehead atoms. The van der Waals surface area contributed by atoms with Crippen LogP contribution in [-0.4, -0.2) is 18.4 Å². The first kappa shape index (κ1) is 40.1. The quantitative estimate of drug-likeness (QED) is 0.0433. The molecule has 0 rings (SSSR count). The maximum absolute atomic E-state index is 13.1. The first-order valence-corrected chi connectivity index (χ1v) is 18.9. The van der Waals surface area contributed by atoms with Crippen LogP contribution in [0.5, 0.6) is 0 Å². The molecule has 0 spiro atoms. The van der Waals surface area contributed by atoms with Crippen molar-refractivity contribution in [3.8, 4) is 0 Å². The lowest BCUT2D eigenvalue weighted by molar-refractivity contribution is -0.152. The van der Waals surface area contributed by atoms with Crippen molar-refractivity contribution in [2.45, 2.75) is 220 Å². The molecule has 1 atom stereocenters. The first-order chi connectivity index (χ1) is 20.2. The van der Waals surface area contributed by atoms with Crippen LogP contribution in [-0.2, 0) is 14.3 Å². The standard InChI is InChI=1S/C38H74O3/c1-4-7-10-13-16-19-22-24-27-30-33-36(37(39)34-31-28-25-21-18-15-12-9-6-3)38(40)41-35-32-29-26-23-20-17-14-11-8-5-2/h36H,4-35H2,1-3H3. The number of hydrogen-bond donors (Lipinski definition) is 0. The van der Waals surface area contributed by atoms with Gasteiger partial charge in [-0.15, -0.1) is 0 Å². The van der Waals surface area contributed by atoms with E-state index >= 15 is 0 Å². The van der Waals surface area contributed by atoms with Gasteiger partial charge in [-0.1, -0.05) is 194 Å². The van der Waals surface area contributed by atoms with Gasteiger partial charge in [0.05, 0.1) is 6.61 Å². The number of esters is 1. The highest BCUT2D eigenvalue weighted by Crippen LogP contribution is 2.20. The fourth-order valence-electron chi connectivity index (χ4n) is 5.89. The SMILES string of the molecule is CCCCCCCCCCCCOC(=O)C(CCCCCCCCCCCC)C(=O)CCCCCCCCCCC. The molecule has 0 saturated carbocycles. The summed E-state index contributed by atoms with van der Waals surface area (Å²) in [6, 6.07) is 0. The van der Waals surface area contributed by atoms with E-state index < -0.39 is 5.92 Å². The van der Waals surface area contributed by atoms with Crippen LogP contribution in [0, 0.1) is 5.92 Å². The molecule has 0 aliphatic rings. The van der Waals surface area contributed by atoms with Gasteiger partial charge in [-0.25, -0.2) is 0 Å². The Labute approximate surface area is 258 Å². The van der Waals surface area contributed by atoms with E-state index in [1.807, 2.05) is 0 Å². The number of Topliss-reactive ketones (excluding diaryl/α,β-unsaturated/α-hetero) is 1. The van der Waals surface area contributed by atoms with Gasteiger partial charge in [-0.3, -0.25) is 9.59 Å². The number of carbonyl (C=O) groups is 2. The Morgan fingerprint density at radius 2 is 0.732 bits per heavy atom. The lowest BCUT2D eigenvalue weighted by Gasteiger charge is -2.15. The number of ketones is 1. The Hall–Kier alpha value is -0.860. The largest absolute Gasteiger partial charge is 0.465 e. The van der Waals surface area contributed by atoms with Gasteiger partial charge in [0.15, 0.2) is 0 Å². The molecule has 0 fully saturated rings. The zero-order valence-electron chi connectivity index (χ0n) is 28.4. The summed E-state index contributed by atoms with van der Waals surface area (Å²) in [5, 5.41) is 0. The van der Waals surface area contributed by atoms with Crippen molar-refractivity contribution in [2.24, 2.45) is 5.92 Å². The first-order valence-electron chi connectivity index (χ1n) is 18.9. The predicted octanol–water partition coefficient (Wildman–Crippen LogP) is 12.9. The molecule has 244 valence electrons. The van der Waals surface area contributed by atoms with Crippen LogP contribution in [0.25, 0.3) is 0 Å². The number of carbonyl (C=O) groups excluding carboxylic acids is 2. The minimum absolute atomic E-state index is 0.136. The summed E-state index contributed by atoms with van der Waals surface area (Å²) < 4.78 is 5.67. The van der Waals surface area contributed by atoms with Crippen molar-refractivity contribution in [1.82, 2.24) is 0 Å². The molecule has 0 heterocycles. The second-order valence-electron chi connectivity index (χ2n) is 12.9. The summed E-state index contributed by atoms with van der Waals surface area (Å²) in [7, 11) is 0. The van der Waals surface area contributed by atoms with Crippen molar-refractivity contribution in [1.29, 1.82) is 0 Å². The summed E-state index contributed by atoms with van der Waals surface area (Å²) in [5.41, 5.74) is 0. The second-order valence-corrected chi connectivity index (χ2v) is 12.9. The highest BCUT2D eigenvalue weighted by Gasteiger charge is 2.27. The molecule has 0 aliphatic heterocycles. The summed E-state index contributed by atoms with van der Waals surface area (Å²) >= 11 is 0. The Morgan fingerprint density at radius 1 is 0.415 bits per heavy atom. The van der Waals surface area contributed by atoms with Crippen LogP contribution >= 0.6 is 0 Å². The lowest BCUT2D eigenvalue weighted by atomic mass is 9.92. The second kappa shape index (κ2) is 33.6. The van der Waals surface area contributed by atoms with Crippen molar-refractivity contribution in [3.05, 3.63) is 0 Å². The van der Waals surface area contributed by atoms with Crippen LogP contribution in [0.3, 0.4) is 0 Å². The molecule has 41 heavy (non-hydrogen) atoms. The van der Waals surface area contributed by atoms with Crippen molar-refractivity contribution >= 4 is 11.8 Å². The topological polar surface area (TPSA) is 43.4 Å². The number of unbranched alkanes of at least 4 members (excludes halogenated alkanes) is 26. The molecule has 0 N–H and O–H groups in total. The van der Waals surface area contributed by atoms with Gasteiger partial charge in [0.25, 0.3) is 0 Å². The van der Waals surface area contributed by atoms with Gasteiger partial charge in [-0.2, -0.15) is 0 Å². The average molecular weight is 579 g/mol. The van der Waals surface area contributed by atoms with E-state index in [0.717, 1.165) is 38.5 Å². The van der Waals surface area contributed by atoms with Crippen molar-refractivity contribution in [3.63, 3.8) is 0 Å². The zero-order chi connectivity index (χ0) is 30.1. The Bertz CT molecular complexity index is 544. The van der Waals surface area contributed by atoms with Crippen LogP contribution in [0.4, 0.5) is 0 Å². The molecule has 3 heteroatoms. The molecular weight excluding hydrogens is 504 g/mol. The maximum atomic E-state index is 13.1. The summed E-state index contributed by atoms with van der Waals surface area (Å²) in [5.74, 6) is -0.629. The summed E-state index contributed by atoms with van der Waals surface area (Å²) in [4.78, 5) is 26.0. The Kier molecular flexibility index (Phi) is 32.9. The lowest BCUT2D eigenvalue weighted by Crippen LogP contribution is -2.26. The van der Waals surface area contributed by atoms with Crippen LogP contribution in [0.2, 0.25) is 0 Å². The summed E-state index contributed by atoms with van der Waals surface area (Å²) in [6.07, 6.45) is 37.8. The molecule has 0 aromatic rings. The highest BCUT2D eigenvalue weighted by atomic mass is 16.5. The van der Waals surface area contributed by atoms with Gasteiger partial charge in [-0.05, 0) is 19.3 Å². The zero-order valence-corrected chi connectivity index (χ0v) is 28.4. The van der Waals surface area contributed by atoms with Crippen LogP contribution in [0.15, 0.2) is 0 Å².